The van der Waals surface area contributed by atoms with Gasteiger partial charge in [-0.25, -0.2) is 4.79 Å². The SMILES string of the molecule is COC(=O)C1=C(C)NC(C)=C([N+](=O)[O-])C1c1ccccc1OC(F)F. The number of esters is 1. The summed E-state index contributed by atoms with van der Waals surface area (Å²) in [6.45, 7) is -0.0892. The number of hydrogen-bond donors (Lipinski definition) is 1. The molecule has 9 heteroatoms. The number of nitro groups is 1. The Hall–Kier alpha value is -2.97. The number of benzene rings is 1. The standard InChI is InChI=1S/C16H16F2N2O5/c1-8-12(15(21)24-3)13(14(20(22)23)9(2)19-8)10-6-4-5-7-11(10)25-16(17)18/h4-7,13,16,19H,1-3H3. The van der Waals surface area contributed by atoms with Crippen LogP contribution in [-0.4, -0.2) is 24.6 Å². The van der Waals surface area contributed by atoms with E-state index >= 15 is 0 Å². The lowest BCUT2D eigenvalue weighted by molar-refractivity contribution is -0.431. The minimum atomic E-state index is -3.11. The van der Waals surface area contributed by atoms with Gasteiger partial charge < -0.3 is 14.8 Å². The van der Waals surface area contributed by atoms with Gasteiger partial charge in [-0.1, -0.05) is 18.2 Å². The van der Waals surface area contributed by atoms with Crippen LogP contribution in [0.2, 0.25) is 0 Å². The molecule has 1 heterocycles. The summed E-state index contributed by atoms with van der Waals surface area (Å²) < 4.78 is 34.6. The van der Waals surface area contributed by atoms with Gasteiger partial charge in [0.05, 0.1) is 23.3 Å². The molecule has 0 spiro atoms. The van der Waals surface area contributed by atoms with Gasteiger partial charge in [0.15, 0.2) is 0 Å². The second-order valence-corrected chi connectivity index (χ2v) is 5.27. The summed E-state index contributed by atoms with van der Waals surface area (Å²) in [5, 5.41) is 14.4. The Morgan fingerprint density at radius 2 is 1.92 bits per heavy atom. The van der Waals surface area contributed by atoms with Crippen molar-refractivity contribution in [2.24, 2.45) is 0 Å². The average Bonchev–Trinajstić information content (AvgIpc) is 2.53. The Morgan fingerprint density at radius 1 is 1.28 bits per heavy atom. The van der Waals surface area contributed by atoms with Crippen LogP contribution in [0, 0.1) is 10.1 Å². The summed E-state index contributed by atoms with van der Waals surface area (Å²) in [7, 11) is 1.14. The van der Waals surface area contributed by atoms with Crippen molar-refractivity contribution in [2.45, 2.75) is 26.4 Å². The third kappa shape index (κ3) is 3.59. The van der Waals surface area contributed by atoms with Crippen molar-refractivity contribution >= 4 is 5.97 Å². The number of dihydropyridines is 1. The van der Waals surface area contributed by atoms with Gasteiger partial charge in [-0.3, -0.25) is 10.1 Å². The Labute approximate surface area is 142 Å². The highest BCUT2D eigenvalue weighted by molar-refractivity contribution is 5.92. The number of alkyl halides is 2. The highest BCUT2D eigenvalue weighted by Crippen LogP contribution is 2.42. The van der Waals surface area contributed by atoms with E-state index in [0.717, 1.165) is 7.11 Å². The number of carbonyl (C=O) groups excluding carboxylic acids is 1. The fourth-order valence-electron chi connectivity index (χ4n) is 2.83. The number of para-hydroxylation sites is 1. The largest absolute Gasteiger partial charge is 0.466 e. The van der Waals surface area contributed by atoms with Crippen molar-refractivity contribution < 1.29 is 28.0 Å². The highest BCUT2D eigenvalue weighted by atomic mass is 19.3. The molecule has 134 valence electrons. The summed E-state index contributed by atoms with van der Waals surface area (Å²) in [4.78, 5) is 23.2. The normalized spacial score (nSPS) is 17.4. The van der Waals surface area contributed by atoms with E-state index in [1.807, 2.05) is 0 Å². The zero-order valence-corrected chi connectivity index (χ0v) is 13.7. The predicted octanol–water partition coefficient (Wildman–Crippen LogP) is 2.93. The number of halogens is 2. The van der Waals surface area contributed by atoms with Crippen LogP contribution < -0.4 is 10.1 Å². The third-order valence-electron chi connectivity index (χ3n) is 3.77. The van der Waals surface area contributed by atoms with Gasteiger partial charge in [-0.15, -0.1) is 0 Å². The molecule has 0 bridgehead atoms. The fourth-order valence-corrected chi connectivity index (χ4v) is 2.83. The van der Waals surface area contributed by atoms with Gasteiger partial charge in [-0.2, -0.15) is 8.78 Å². The van der Waals surface area contributed by atoms with Crippen molar-refractivity contribution in [1.82, 2.24) is 5.32 Å². The molecule has 0 aromatic heterocycles. The number of carbonyl (C=O) groups is 1. The highest BCUT2D eigenvalue weighted by Gasteiger charge is 2.42. The summed E-state index contributed by atoms with van der Waals surface area (Å²) >= 11 is 0. The van der Waals surface area contributed by atoms with Crippen molar-refractivity contribution in [2.75, 3.05) is 7.11 Å². The molecular formula is C16H16F2N2O5. The molecule has 2 rings (SSSR count). The Balaban J connectivity index is 2.72. The Kier molecular flexibility index (Phi) is 5.35. The molecule has 1 N–H and O–H groups in total. The van der Waals surface area contributed by atoms with Gasteiger partial charge in [-0.05, 0) is 19.9 Å². The quantitative estimate of drug-likeness (QED) is 0.497. The van der Waals surface area contributed by atoms with Crippen LogP contribution in [0.4, 0.5) is 8.78 Å². The van der Waals surface area contributed by atoms with Crippen LogP contribution in [0.15, 0.2) is 46.9 Å². The van der Waals surface area contributed by atoms with Gasteiger partial charge in [0.25, 0.3) is 5.70 Å². The minimum absolute atomic E-state index is 0.0369. The summed E-state index contributed by atoms with van der Waals surface area (Å²) in [6, 6.07) is 5.65. The molecule has 0 aliphatic carbocycles. The number of methoxy groups -OCH3 is 1. The predicted molar refractivity (Wildman–Crippen MR) is 83.4 cm³/mol. The lowest BCUT2D eigenvalue weighted by Gasteiger charge is -2.27. The van der Waals surface area contributed by atoms with Crippen LogP contribution in [0.25, 0.3) is 0 Å². The number of rotatable bonds is 5. The maximum Gasteiger partial charge on any atom is 0.387 e. The minimum Gasteiger partial charge on any atom is -0.466 e. The first-order valence-electron chi connectivity index (χ1n) is 7.22. The van der Waals surface area contributed by atoms with E-state index < -0.39 is 23.4 Å². The molecule has 0 fully saturated rings. The van der Waals surface area contributed by atoms with Gasteiger partial charge in [0, 0.05) is 11.3 Å². The van der Waals surface area contributed by atoms with E-state index in [-0.39, 0.29) is 28.3 Å². The molecule has 0 saturated carbocycles. The Morgan fingerprint density at radius 3 is 2.48 bits per heavy atom. The van der Waals surface area contributed by atoms with Crippen LogP contribution in [0.5, 0.6) is 5.75 Å². The van der Waals surface area contributed by atoms with Crippen LogP contribution in [0.1, 0.15) is 25.3 Å². The fraction of sp³-hybridized carbons (Fsp3) is 0.312. The van der Waals surface area contributed by atoms with Gasteiger partial charge in [0.2, 0.25) is 0 Å². The second kappa shape index (κ2) is 7.29. The summed E-state index contributed by atoms with van der Waals surface area (Å²) in [5.74, 6) is -2.25. The van der Waals surface area contributed by atoms with E-state index in [0.29, 0.717) is 5.70 Å². The Bertz CT molecular complexity index is 774. The zero-order valence-electron chi connectivity index (χ0n) is 13.7. The van der Waals surface area contributed by atoms with Crippen molar-refractivity contribution in [3.63, 3.8) is 0 Å². The molecule has 25 heavy (non-hydrogen) atoms. The van der Waals surface area contributed by atoms with Gasteiger partial charge in [0.1, 0.15) is 11.7 Å². The van der Waals surface area contributed by atoms with E-state index in [1.54, 1.807) is 6.92 Å². The van der Waals surface area contributed by atoms with Gasteiger partial charge >= 0.3 is 12.6 Å². The van der Waals surface area contributed by atoms with E-state index in [9.17, 15) is 23.7 Å². The van der Waals surface area contributed by atoms with E-state index in [4.69, 9.17) is 4.74 Å². The molecule has 7 nitrogen and oxygen atoms in total. The van der Waals surface area contributed by atoms with Crippen molar-refractivity contribution in [3.8, 4) is 5.75 Å². The average molecular weight is 354 g/mol. The smallest absolute Gasteiger partial charge is 0.387 e. The molecule has 1 atom stereocenters. The second-order valence-electron chi connectivity index (χ2n) is 5.27. The first kappa shape index (κ1) is 18.4. The number of hydrogen-bond acceptors (Lipinski definition) is 6. The molecule has 0 radical (unpaired) electrons. The lowest BCUT2D eigenvalue weighted by atomic mass is 9.83. The first-order chi connectivity index (χ1) is 11.8. The van der Waals surface area contributed by atoms with E-state index in [2.05, 4.69) is 10.1 Å². The number of ether oxygens (including phenoxy) is 2. The van der Waals surface area contributed by atoms with Crippen molar-refractivity contribution in [3.05, 3.63) is 62.6 Å². The summed E-state index contributed by atoms with van der Waals surface area (Å²) in [6.07, 6.45) is 0. The number of nitrogens with one attached hydrogen (secondary N) is 1. The molecule has 0 saturated heterocycles. The van der Waals surface area contributed by atoms with Crippen LogP contribution in [-0.2, 0) is 9.53 Å². The lowest BCUT2D eigenvalue weighted by Crippen LogP contribution is -2.31. The van der Waals surface area contributed by atoms with Crippen LogP contribution >= 0.6 is 0 Å². The topological polar surface area (TPSA) is 90.7 Å². The third-order valence-corrected chi connectivity index (χ3v) is 3.77. The number of allylic oxidation sites excluding steroid dienone is 3. The maximum absolute atomic E-state index is 12.7. The molecule has 1 unspecified atom stereocenters. The summed E-state index contributed by atoms with van der Waals surface area (Å²) in [5.41, 5.74) is 0.246. The molecule has 1 aliphatic heterocycles. The molecule has 0 amide bonds. The first-order valence-corrected chi connectivity index (χ1v) is 7.22. The van der Waals surface area contributed by atoms with Crippen molar-refractivity contribution in [1.29, 1.82) is 0 Å². The zero-order chi connectivity index (χ0) is 18.7. The monoisotopic (exact) mass is 354 g/mol. The molecular weight excluding hydrogens is 338 g/mol. The van der Waals surface area contributed by atoms with Crippen LogP contribution in [0.3, 0.4) is 0 Å². The molecule has 1 aliphatic rings. The maximum atomic E-state index is 12.7. The van der Waals surface area contributed by atoms with E-state index in [1.165, 1.54) is 31.2 Å². The number of nitrogens with zero attached hydrogens (tertiary/aromatic N) is 1. The molecule has 1 aromatic rings. The molecule has 1 aromatic carbocycles.